The second-order valence-electron chi connectivity index (χ2n) is 2.27. The highest BCUT2D eigenvalue weighted by molar-refractivity contribution is 5.35. The van der Waals surface area contributed by atoms with Crippen LogP contribution in [0.15, 0.2) is 6.07 Å². The Labute approximate surface area is 66.7 Å². The van der Waals surface area contributed by atoms with Gasteiger partial charge in [0.1, 0.15) is 5.75 Å². The van der Waals surface area contributed by atoms with E-state index in [-0.39, 0.29) is 5.69 Å². The van der Waals surface area contributed by atoms with E-state index in [4.69, 9.17) is 5.11 Å². The van der Waals surface area contributed by atoms with Gasteiger partial charge in [0.2, 0.25) is 5.95 Å². The van der Waals surface area contributed by atoms with Gasteiger partial charge in [0.15, 0.2) is 0 Å². The molecular weight excluding hydrogens is 171 g/mol. The maximum Gasteiger partial charge on any atom is 0.267 e. The Morgan fingerprint density at radius 1 is 1.50 bits per heavy atom. The van der Waals surface area contributed by atoms with E-state index in [1.165, 1.54) is 6.92 Å². The van der Waals surface area contributed by atoms with Crippen molar-refractivity contribution in [2.75, 3.05) is 0 Å². The molecule has 0 aromatic carbocycles. The fraction of sp³-hybridized carbons (Fsp3) is 0.286. The summed E-state index contributed by atoms with van der Waals surface area (Å²) in [6, 6.07) is 0.521. The van der Waals surface area contributed by atoms with Gasteiger partial charge in [-0.25, -0.2) is 13.8 Å². The summed E-state index contributed by atoms with van der Waals surface area (Å²) in [5, 5.41) is 8.98. The monoisotopic (exact) mass is 177 g/mol. The second-order valence-corrected chi connectivity index (χ2v) is 2.27. The summed E-state index contributed by atoms with van der Waals surface area (Å²) in [7, 11) is 0. The topological polar surface area (TPSA) is 33.1 Å². The molecule has 5 heteroatoms. The van der Waals surface area contributed by atoms with Gasteiger partial charge in [0.25, 0.3) is 6.43 Å². The first-order chi connectivity index (χ1) is 5.52. The van der Waals surface area contributed by atoms with E-state index in [1.54, 1.807) is 0 Å². The average molecular weight is 177 g/mol. The molecule has 2 nitrogen and oxygen atoms in total. The molecule has 0 amide bonds. The number of aromatic nitrogens is 1. The van der Waals surface area contributed by atoms with Crippen LogP contribution in [0.5, 0.6) is 5.75 Å². The first-order valence-corrected chi connectivity index (χ1v) is 3.16. The van der Waals surface area contributed by atoms with E-state index in [1.807, 2.05) is 0 Å². The molecule has 0 aliphatic rings. The molecule has 0 aliphatic heterocycles. The molecule has 0 saturated heterocycles. The van der Waals surface area contributed by atoms with Crippen molar-refractivity contribution in [1.82, 2.24) is 4.98 Å². The van der Waals surface area contributed by atoms with Crippen LogP contribution in [0.3, 0.4) is 0 Å². The largest absolute Gasteiger partial charge is 0.506 e. The lowest BCUT2D eigenvalue weighted by Gasteiger charge is -2.04. The van der Waals surface area contributed by atoms with Crippen molar-refractivity contribution < 1.29 is 18.3 Å². The highest BCUT2D eigenvalue weighted by Gasteiger charge is 2.16. The van der Waals surface area contributed by atoms with E-state index in [2.05, 4.69) is 4.98 Å². The Morgan fingerprint density at radius 2 is 2.08 bits per heavy atom. The number of nitrogens with zero attached hydrogens (tertiary/aromatic N) is 1. The summed E-state index contributed by atoms with van der Waals surface area (Å²) >= 11 is 0. The Bertz CT molecular complexity index is 301. The van der Waals surface area contributed by atoms with Gasteiger partial charge in [-0.15, -0.1) is 0 Å². The van der Waals surface area contributed by atoms with Crippen molar-refractivity contribution in [2.45, 2.75) is 13.3 Å². The molecule has 1 aromatic heterocycles. The molecule has 0 atom stereocenters. The minimum Gasteiger partial charge on any atom is -0.506 e. The van der Waals surface area contributed by atoms with Crippen molar-refractivity contribution in [3.05, 3.63) is 23.3 Å². The van der Waals surface area contributed by atoms with Gasteiger partial charge in [-0.05, 0) is 6.92 Å². The fourth-order valence-electron chi connectivity index (χ4n) is 0.817. The third-order valence-electron chi connectivity index (χ3n) is 1.40. The zero-order chi connectivity index (χ0) is 9.30. The Hall–Kier alpha value is -1.26. The minimum atomic E-state index is -2.89. The molecule has 0 unspecified atom stereocenters. The van der Waals surface area contributed by atoms with Crippen molar-refractivity contribution >= 4 is 0 Å². The van der Waals surface area contributed by atoms with Gasteiger partial charge >= 0.3 is 0 Å². The SMILES string of the molecule is Cc1nc(F)cc(C(F)F)c1O. The maximum absolute atomic E-state index is 12.4. The average Bonchev–Trinajstić information content (AvgIpc) is 1.96. The quantitative estimate of drug-likeness (QED) is 0.667. The molecule has 0 radical (unpaired) electrons. The maximum atomic E-state index is 12.4. The number of halogens is 3. The van der Waals surface area contributed by atoms with Crippen LogP contribution in [0.25, 0.3) is 0 Å². The summed E-state index contributed by atoms with van der Waals surface area (Å²) in [5.41, 5.74) is -0.856. The molecule has 1 aromatic rings. The van der Waals surface area contributed by atoms with Crippen molar-refractivity contribution in [3.8, 4) is 5.75 Å². The van der Waals surface area contributed by atoms with Crippen LogP contribution in [0, 0.1) is 12.9 Å². The number of aryl methyl sites for hydroxylation is 1. The van der Waals surface area contributed by atoms with Gasteiger partial charge in [-0.3, -0.25) is 0 Å². The normalized spacial score (nSPS) is 10.8. The number of pyridine rings is 1. The predicted octanol–water partition coefficient (Wildman–Crippen LogP) is 2.17. The molecule has 0 aliphatic carbocycles. The molecule has 66 valence electrons. The molecule has 12 heavy (non-hydrogen) atoms. The van der Waals surface area contributed by atoms with Crippen molar-refractivity contribution in [2.24, 2.45) is 0 Å². The zero-order valence-corrected chi connectivity index (χ0v) is 6.18. The standard InChI is InChI=1S/C7H6F3NO/c1-3-6(12)4(7(9)10)2-5(8)11-3/h2,7,12H,1H3. The lowest BCUT2D eigenvalue weighted by atomic mass is 10.2. The summed E-state index contributed by atoms with van der Waals surface area (Å²) in [6.07, 6.45) is -2.89. The molecule has 0 bridgehead atoms. The molecule has 0 saturated carbocycles. The first kappa shape index (κ1) is 8.83. The second kappa shape index (κ2) is 3.00. The molecule has 0 fully saturated rings. The smallest absolute Gasteiger partial charge is 0.267 e. The zero-order valence-electron chi connectivity index (χ0n) is 6.18. The van der Waals surface area contributed by atoms with Gasteiger partial charge in [-0.1, -0.05) is 0 Å². The third kappa shape index (κ3) is 1.49. The highest BCUT2D eigenvalue weighted by Crippen LogP contribution is 2.29. The number of hydrogen-bond donors (Lipinski definition) is 1. The van der Waals surface area contributed by atoms with E-state index in [9.17, 15) is 13.2 Å². The van der Waals surface area contributed by atoms with E-state index < -0.39 is 23.7 Å². The Morgan fingerprint density at radius 3 is 2.58 bits per heavy atom. The lowest BCUT2D eigenvalue weighted by Crippen LogP contribution is -1.94. The summed E-state index contributed by atoms with van der Waals surface area (Å²) in [4.78, 5) is 3.17. The summed E-state index contributed by atoms with van der Waals surface area (Å²) in [6.45, 7) is 1.25. The van der Waals surface area contributed by atoms with E-state index in [0.717, 1.165) is 0 Å². The number of aromatic hydroxyl groups is 1. The van der Waals surface area contributed by atoms with Crippen LogP contribution in [0.2, 0.25) is 0 Å². The van der Waals surface area contributed by atoms with E-state index >= 15 is 0 Å². The van der Waals surface area contributed by atoms with Gasteiger partial charge in [0.05, 0.1) is 11.3 Å². The van der Waals surface area contributed by atoms with E-state index in [0.29, 0.717) is 6.07 Å². The van der Waals surface area contributed by atoms with Gasteiger partial charge in [-0.2, -0.15) is 4.39 Å². The number of hydrogen-bond acceptors (Lipinski definition) is 2. The Balaban J connectivity index is 3.28. The lowest BCUT2D eigenvalue weighted by molar-refractivity contribution is 0.146. The minimum absolute atomic E-state index is 0.134. The molecule has 1 N–H and O–H groups in total. The molecule has 0 spiro atoms. The molecule has 1 heterocycles. The Kier molecular flexibility index (Phi) is 2.21. The van der Waals surface area contributed by atoms with Crippen LogP contribution < -0.4 is 0 Å². The van der Waals surface area contributed by atoms with Crippen LogP contribution in [-0.2, 0) is 0 Å². The molecular formula is C7H6F3NO. The van der Waals surface area contributed by atoms with Gasteiger partial charge in [0, 0.05) is 6.07 Å². The summed E-state index contributed by atoms with van der Waals surface area (Å²) in [5.74, 6) is -1.66. The third-order valence-corrected chi connectivity index (χ3v) is 1.40. The predicted molar refractivity (Wildman–Crippen MR) is 35.6 cm³/mol. The number of rotatable bonds is 1. The highest BCUT2D eigenvalue weighted by atomic mass is 19.3. The summed E-state index contributed by atoms with van der Waals surface area (Å²) < 4.78 is 36.5. The van der Waals surface area contributed by atoms with Gasteiger partial charge < -0.3 is 5.11 Å². The van der Waals surface area contributed by atoms with Crippen molar-refractivity contribution in [1.29, 1.82) is 0 Å². The van der Waals surface area contributed by atoms with Crippen LogP contribution in [0.1, 0.15) is 17.7 Å². The first-order valence-electron chi connectivity index (χ1n) is 3.16. The number of alkyl halides is 2. The fourth-order valence-corrected chi connectivity index (χ4v) is 0.817. The van der Waals surface area contributed by atoms with Crippen LogP contribution in [0.4, 0.5) is 13.2 Å². The van der Waals surface area contributed by atoms with Crippen LogP contribution in [-0.4, -0.2) is 10.1 Å². The molecule has 1 rings (SSSR count). The van der Waals surface area contributed by atoms with Crippen molar-refractivity contribution in [3.63, 3.8) is 0 Å². The van der Waals surface area contributed by atoms with Crippen LogP contribution >= 0.6 is 0 Å².